The molecule has 1 N–H and O–H groups in total. The van der Waals surface area contributed by atoms with Gasteiger partial charge in [-0.05, 0) is 40.0 Å². The number of nitrogens with zero attached hydrogens (tertiary/aromatic N) is 3. The van der Waals surface area contributed by atoms with Crippen molar-refractivity contribution in [2.24, 2.45) is 0 Å². The van der Waals surface area contributed by atoms with Gasteiger partial charge in [-0.25, -0.2) is 4.98 Å². The highest BCUT2D eigenvalue weighted by molar-refractivity contribution is 7.09. The molecule has 5 heteroatoms. The molecule has 4 nitrogen and oxygen atoms in total. The molecule has 2 rings (SSSR count). The minimum absolute atomic E-state index is 0.179. The first kappa shape index (κ1) is 14.7. The summed E-state index contributed by atoms with van der Waals surface area (Å²) in [6.45, 7) is 10.9. The SMILES string of the molecule is CCc1nsc(N2CCCCC2CNC(C)(C)C)n1. The van der Waals surface area contributed by atoms with Gasteiger partial charge in [0.05, 0.1) is 0 Å². The standard InChI is InChI=1S/C14H26N4S/c1-5-12-16-13(19-17-12)18-9-7-6-8-11(18)10-15-14(2,3)4/h11,15H,5-10H2,1-4H3. The van der Waals surface area contributed by atoms with Crippen molar-refractivity contribution in [2.75, 3.05) is 18.0 Å². The summed E-state index contributed by atoms with van der Waals surface area (Å²) in [4.78, 5) is 7.11. The Morgan fingerprint density at radius 1 is 1.37 bits per heavy atom. The summed E-state index contributed by atoms with van der Waals surface area (Å²) in [5, 5.41) is 4.74. The summed E-state index contributed by atoms with van der Waals surface area (Å²) in [7, 11) is 0. The van der Waals surface area contributed by atoms with Crippen LogP contribution in [0.4, 0.5) is 5.13 Å². The van der Waals surface area contributed by atoms with Gasteiger partial charge in [0.25, 0.3) is 0 Å². The quantitative estimate of drug-likeness (QED) is 0.922. The van der Waals surface area contributed by atoms with Gasteiger partial charge in [0.1, 0.15) is 5.82 Å². The number of aryl methyl sites for hydroxylation is 1. The molecule has 1 aromatic rings. The van der Waals surface area contributed by atoms with Crippen LogP contribution in [-0.4, -0.2) is 34.0 Å². The minimum Gasteiger partial charge on any atom is -0.343 e. The zero-order valence-corrected chi connectivity index (χ0v) is 13.4. The van der Waals surface area contributed by atoms with Crippen LogP contribution in [0, 0.1) is 0 Å². The first-order chi connectivity index (χ1) is 8.99. The van der Waals surface area contributed by atoms with Crippen molar-refractivity contribution >= 4 is 16.7 Å². The van der Waals surface area contributed by atoms with Crippen LogP contribution in [0.15, 0.2) is 0 Å². The lowest BCUT2D eigenvalue weighted by Crippen LogP contribution is -2.49. The fraction of sp³-hybridized carbons (Fsp3) is 0.857. The maximum Gasteiger partial charge on any atom is 0.205 e. The molecule has 0 saturated carbocycles. The maximum absolute atomic E-state index is 4.65. The maximum atomic E-state index is 4.65. The van der Waals surface area contributed by atoms with Crippen molar-refractivity contribution in [3.05, 3.63) is 5.82 Å². The van der Waals surface area contributed by atoms with Crippen LogP contribution in [0.5, 0.6) is 0 Å². The Balaban J connectivity index is 2.03. The fourth-order valence-electron chi connectivity index (χ4n) is 2.39. The Hall–Kier alpha value is -0.680. The van der Waals surface area contributed by atoms with Gasteiger partial charge in [0, 0.05) is 42.6 Å². The molecule has 0 radical (unpaired) electrons. The summed E-state index contributed by atoms with van der Waals surface area (Å²) in [6, 6.07) is 0.561. The highest BCUT2D eigenvalue weighted by Crippen LogP contribution is 2.26. The van der Waals surface area contributed by atoms with E-state index in [1.807, 2.05) is 0 Å². The van der Waals surface area contributed by atoms with Crippen molar-refractivity contribution < 1.29 is 0 Å². The summed E-state index contributed by atoms with van der Waals surface area (Å²) < 4.78 is 4.42. The Kier molecular flexibility index (Phi) is 4.79. The van der Waals surface area contributed by atoms with Crippen molar-refractivity contribution in [2.45, 2.75) is 65.0 Å². The number of piperidine rings is 1. The predicted octanol–water partition coefficient (Wildman–Crippen LogP) is 2.85. The van der Waals surface area contributed by atoms with Gasteiger partial charge >= 0.3 is 0 Å². The van der Waals surface area contributed by atoms with Crippen LogP contribution in [-0.2, 0) is 6.42 Å². The van der Waals surface area contributed by atoms with Gasteiger partial charge in [-0.1, -0.05) is 6.92 Å². The first-order valence-electron chi connectivity index (χ1n) is 7.34. The van der Waals surface area contributed by atoms with Crippen molar-refractivity contribution in [3.8, 4) is 0 Å². The zero-order valence-electron chi connectivity index (χ0n) is 12.6. The zero-order chi connectivity index (χ0) is 13.9. The highest BCUT2D eigenvalue weighted by Gasteiger charge is 2.26. The lowest BCUT2D eigenvalue weighted by molar-refractivity contribution is 0.366. The average Bonchev–Trinajstić information content (AvgIpc) is 2.84. The molecular formula is C14H26N4S. The molecule has 19 heavy (non-hydrogen) atoms. The molecule has 1 fully saturated rings. The second kappa shape index (κ2) is 6.18. The number of hydrogen-bond acceptors (Lipinski definition) is 5. The summed E-state index contributed by atoms with van der Waals surface area (Å²) >= 11 is 1.55. The van der Waals surface area contributed by atoms with Crippen LogP contribution >= 0.6 is 11.5 Å². The molecule has 0 aromatic carbocycles. The number of anilines is 1. The fourth-order valence-corrected chi connectivity index (χ4v) is 3.24. The van der Waals surface area contributed by atoms with Gasteiger partial charge in [0.15, 0.2) is 0 Å². The number of rotatable bonds is 4. The van der Waals surface area contributed by atoms with Crippen LogP contribution in [0.25, 0.3) is 0 Å². The second-order valence-electron chi connectivity index (χ2n) is 6.32. The molecule has 1 atom stereocenters. The summed E-state index contributed by atoms with van der Waals surface area (Å²) in [5.41, 5.74) is 0.179. The molecule has 0 spiro atoms. The van der Waals surface area contributed by atoms with Crippen LogP contribution in [0.2, 0.25) is 0 Å². The topological polar surface area (TPSA) is 41.1 Å². The van der Waals surface area contributed by atoms with Crippen LogP contribution in [0.3, 0.4) is 0 Å². The molecule has 1 unspecified atom stereocenters. The number of aromatic nitrogens is 2. The van der Waals surface area contributed by atoms with E-state index in [0.29, 0.717) is 6.04 Å². The molecule has 108 valence electrons. The Morgan fingerprint density at radius 3 is 2.79 bits per heavy atom. The molecule has 0 bridgehead atoms. The molecule has 2 heterocycles. The monoisotopic (exact) mass is 282 g/mol. The van der Waals surface area contributed by atoms with Crippen LogP contribution in [0.1, 0.15) is 52.8 Å². The van der Waals surface area contributed by atoms with Crippen molar-refractivity contribution in [1.82, 2.24) is 14.7 Å². The molecule has 1 saturated heterocycles. The van der Waals surface area contributed by atoms with Gasteiger partial charge in [-0.3, -0.25) is 0 Å². The number of hydrogen-bond donors (Lipinski definition) is 1. The van der Waals surface area contributed by atoms with Gasteiger partial charge in [-0.15, -0.1) is 0 Å². The van der Waals surface area contributed by atoms with E-state index in [9.17, 15) is 0 Å². The van der Waals surface area contributed by atoms with E-state index in [0.717, 1.165) is 30.5 Å². The first-order valence-corrected chi connectivity index (χ1v) is 8.11. The Morgan fingerprint density at radius 2 is 2.16 bits per heavy atom. The predicted molar refractivity (Wildman–Crippen MR) is 82.0 cm³/mol. The molecule has 1 aliphatic heterocycles. The smallest absolute Gasteiger partial charge is 0.205 e. The van der Waals surface area contributed by atoms with E-state index in [-0.39, 0.29) is 5.54 Å². The van der Waals surface area contributed by atoms with Gasteiger partial charge in [-0.2, -0.15) is 4.37 Å². The minimum atomic E-state index is 0.179. The molecule has 0 amide bonds. The van der Waals surface area contributed by atoms with E-state index in [4.69, 9.17) is 0 Å². The van der Waals surface area contributed by atoms with E-state index in [1.165, 1.54) is 19.3 Å². The lowest BCUT2D eigenvalue weighted by atomic mass is 10.0. The average molecular weight is 282 g/mol. The van der Waals surface area contributed by atoms with E-state index >= 15 is 0 Å². The lowest BCUT2D eigenvalue weighted by Gasteiger charge is -2.37. The highest BCUT2D eigenvalue weighted by atomic mass is 32.1. The molecule has 1 aromatic heterocycles. The number of nitrogens with one attached hydrogen (secondary N) is 1. The third-order valence-corrected chi connectivity index (χ3v) is 4.31. The summed E-state index contributed by atoms with van der Waals surface area (Å²) in [5.74, 6) is 0.980. The second-order valence-corrected chi connectivity index (χ2v) is 7.05. The molecular weight excluding hydrogens is 256 g/mol. The Labute approximate surface area is 120 Å². The van der Waals surface area contributed by atoms with E-state index in [2.05, 4.69) is 47.3 Å². The van der Waals surface area contributed by atoms with Gasteiger partial charge < -0.3 is 10.2 Å². The van der Waals surface area contributed by atoms with Crippen molar-refractivity contribution in [1.29, 1.82) is 0 Å². The van der Waals surface area contributed by atoms with Crippen molar-refractivity contribution in [3.63, 3.8) is 0 Å². The van der Waals surface area contributed by atoms with Gasteiger partial charge in [0.2, 0.25) is 5.13 Å². The largest absolute Gasteiger partial charge is 0.343 e. The molecule has 1 aliphatic rings. The third-order valence-electron chi connectivity index (χ3n) is 3.51. The third kappa shape index (κ3) is 4.14. The summed E-state index contributed by atoms with van der Waals surface area (Å²) in [6.07, 6.45) is 4.78. The van der Waals surface area contributed by atoms with Crippen LogP contribution < -0.4 is 10.2 Å². The van der Waals surface area contributed by atoms with E-state index < -0.39 is 0 Å². The normalized spacial score (nSPS) is 20.8. The molecule has 0 aliphatic carbocycles. The van der Waals surface area contributed by atoms with E-state index in [1.54, 1.807) is 11.5 Å². The Bertz CT molecular complexity index is 396.